The molecule has 3 aliphatic heterocycles. The van der Waals surface area contributed by atoms with Crippen molar-refractivity contribution < 1.29 is 28.0 Å². The van der Waals surface area contributed by atoms with E-state index < -0.39 is 41.2 Å². The number of barbiturate groups is 1. The summed E-state index contributed by atoms with van der Waals surface area (Å²) in [6.45, 7) is 3.79. The summed E-state index contributed by atoms with van der Waals surface area (Å²) >= 11 is 0. The second-order valence-electron chi connectivity index (χ2n) is 8.85. The van der Waals surface area contributed by atoms with Crippen LogP contribution in [0, 0.1) is 11.2 Å². The monoisotopic (exact) mass is 466 g/mol. The van der Waals surface area contributed by atoms with Gasteiger partial charge in [-0.05, 0) is 37.6 Å². The van der Waals surface area contributed by atoms with Crippen LogP contribution in [0.4, 0.5) is 14.9 Å². The van der Waals surface area contributed by atoms with Gasteiger partial charge in [0.2, 0.25) is 17.4 Å². The first kappa shape index (κ1) is 20.7. The number of benzene rings is 1. The van der Waals surface area contributed by atoms with Gasteiger partial charge in [0, 0.05) is 19.2 Å². The Bertz CT molecular complexity index is 1360. The third kappa shape index (κ3) is 2.65. The molecule has 2 N–H and O–H groups in total. The molecule has 0 bridgehead atoms. The number of rotatable bonds is 1. The number of imide groups is 2. The minimum absolute atomic E-state index is 0.0615. The van der Waals surface area contributed by atoms with Crippen molar-refractivity contribution in [3.63, 3.8) is 0 Å². The van der Waals surface area contributed by atoms with E-state index in [9.17, 15) is 14.4 Å². The molecular formula is C22H19FN6O5. The second kappa shape index (κ2) is 7.03. The van der Waals surface area contributed by atoms with Gasteiger partial charge in [-0.25, -0.2) is 9.18 Å². The molecule has 5 heterocycles. The number of halogens is 1. The fraction of sp³-hybridized carbons (Fsp3) is 0.364. The van der Waals surface area contributed by atoms with Gasteiger partial charge < -0.3 is 14.2 Å². The van der Waals surface area contributed by atoms with E-state index in [-0.39, 0.29) is 36.0 Å². The average Bonchev–Trinajstić information content (AvgIpc) is 3.21. The Morgan fingerprint density at radius 1 is 1.21 bits per heavy atom. The van der Waals surface area contributed by atoms with Gasteiger partial charge >= 0.3 is 6.03 Å². The molecule has 1 spiro atoms. The van der Waals surface area contributed by atoms with Crippen molar-refractivity contribution in [2.75, 3.05) is 11.4 Å². The molecule has 34 heavy (non-hydrogen) atoms. The van der Waals surface area contributed by atoms with Crippen molar-refractivity contribution in [1.82, 2.24) is 26.0 Å². The molecule has 174 valence electrons. The number of ether oxygens (including phenoxy) is 1. The number of hydrogen-bond acceptors (Lipinski definition) is 9. The van der Waals surface area contributed by atoms with Crippen molar-refractivity contribution in [2.24, 2.45) is 5.41 Å². The molecule has 3 aliphatic rings. The van der Waals surface area contributed by atoms with Gasteiger partial charge in [-0.1, -0.05) is 5.16 Å². The van der Waals surface area contributed by atoms with E-state index in [0.717, 1.165) is 0 Å². The maximum Gasteiger partial charge on any atom is 0.328 e. The van der Waals surface area contributed by atoms with E-state index in [1.807, 2.05) is 6.92 Å². The van der Waals surface area contributed by atoms with Crippen LogP contribution < -0.4 is 15.5 Å². The number of aromatic nitrogens is 3. The first-order chi connectivity index (χ1) is 16.3. The molecule has 2 fully saturated rings. The first-order valence-corrected chi connectivity index (χ1v) is 10.8. The first-order valence-electron chi connectivity index (χ1n) is 10.8. The number of carbonyl (C=O) groups is 3. The van der Waals surface area contributed by atoms with Crippen LogP contribution in [-0.2, 0) is 20.7 Å². The van der Waals surface area contributed by atoms with Crippen LogP contribution in [0.25, 0.3) is 22.4 Å². The number of amides is 4. The Morgan fingerprint density at radius 2 is 1.97 bits per heavy atom. The molecule has 11 nitrogen and oxygen atoms in total. The minimum Gasteiger partial charge on any atom is -0.372 e. The molecule has 0 saturated carbocycles. The maximum absolute atomic E-state index is 16.0. The summed E-state index contributed by atoms with van der Waals surface area (Å²) in [7, 11) is 0. The summed E-state index contributed by atoms with van der Waals surface area (Å²) in [5.41, 5.74) is -0.452. The Balaban J connectivity index is 1.61. The number of nitrogens with one attached hydrogen (secondary N) is 2. The minimum atomic E-state index is -1.70. The SMILES string of the molecule is C[C@@H]1CN2c3c(cc4c(-c5cccnn5)noc4c3F)CC3(C(=O)NC(=O)NC3=O)[C@H]2[C@H](C)O1. The predicted octanol–water partition coefficient (Wildman–Crippen LogP) is 1.31. The number of nitrogens with zero attached hydrogens (tertiary/aromatic N) is 4. The zero-order chi connectivity index (χ0) is 23.8. The predicted molar refractivity (Wildman–Crippen MR) is 114 cm³/mol. The molecule has 3 aromatic rings. The molecule has 12 heteroatoms. The summed E-state index contributed by atoms with van der Waals surface area (Å²) in [6.07, 6.45) is 0.446. The Kier molecular flexibility index (Phi) is 4.27. The molecule has 0 unspecified atom stereocenters. The smallest absolute Gasteiger partial charge is 0.328 e. The third-order valence-electron chi connectivity index (χ3n) is 6.78. The van der Waals surface area contributed by atoms with Crippen LogP contribution in [0.3, 0.4) is 0 Å². The maximum atomic E-state index is 16.0. The van der Waals surface area contributed by atoms with Gasteiger partial charge in [-0.3, -0.25) is 20.2 Å². The molecule has 0 radical (unpaired) electrons. The van der Waals surface area contributed by atoms with Crippen molar-refractivity contribution in [3.8, 4) is 11.4 Å². The molecule has 4 amide bonds. The summed E-state index contributed by atoms with van der Waals surface area (Å²) in [5, 5.41) is 16.6. The van der Waals surface area contributed by atoms with E-state index in [1.54, 1.807) is 30.0 Å². The molecule has 2 aromatic heterocycles. The number of urea groups is 1. The standard InChI is InChI=1S/C22H19FN6O5/c1-9-8-29-16-11(6-12-15(13-4-3-5-24-27-13)28-34-17(12)14(16)23)7-22(18(29)10(2)33-9)19(30)25-21(32)26-20(22)31/h3-6,9-10,18H,7-8H2,1-2H3,(H2,25,26,30,31,32)/t9-,10+,18-/m1/s1. The number of fused-ring (bicyclic) bond motifs is 5. The number of hydrogen-bond donors (Lipinski definition) is 2. The number of carbonyl (C=O) groups excluding carboxylic acids is 3. The Hall–Kier alpha value is -3.93. The lowest BCUT2D eigenvalue weighted by molar-refractivity contribution is -0.153. The summed E-state index contributed by atoms with van der Waals surface area (Å²) < 4.78 is 27.3. The fourth-order valence-corrected chi connectivity index (χ4v) is 5.56. The van der Waals surface area contributed by atoms with Crippen molar-refractivity contribution >= 4 is 34.5 Å². The van der Waals surface area contributed by atoms with E-state index in [1.165, 1.54) is 6.20 Å². The summed E-state index contributed by atoms with van der Waals surface area (Å²) in [6, 6.07) is 3.26. The number of anilines is 1. The zero-order valence-electron chi connectivity index (χ0n) is 18.2. The van der Waals surface area contributed by atoms with Crippen LogP contribution >= 0.6 is 0 Å². The largest absolute Gasteiger partial charge is 0.372 e. The molecule has 2 saturated heterocycles. The molecule has 3 atom stereocenters. The lowest BCUT2D eigenvalue weighted by Gasteiger charge is -2.55. The van der Waals surface area contributed by atoms with Crippen LogP contribution in [0.2, 0.25) is 0 Å². The Morgan fingerprint density at radius 3 is 2.68 bits per heavy atom. The highest BCUT2D eigenvalue weighted by atomic mass is 19.1. The highest BCUT2D eigenvalue weighted by molar-refractivity contribution is 6.20. The van der Waals surface area contributed by atoms with Crippen LogP contribution in [0.5, 0.6) is 0 Å². The van der Waals surface area contributed by atoms with Gasteiger partial charge in [0.05, 0.1) is 29.3 Å². The van der Waals surface area contributed by atoms with Crippen LogP contribution in [0.15, 0.2) is 28.9 Å². The van der Waals surface area contributed by atoms with E-state index in [2.05, 4.69) is 26.0 Å². The highest BCUT2D eigenvalue weighted by Crippen LogP contribution is 2.49. The topological polar surface area (TPSA) is 140 Å². The van der Waals surface area contributed by atoms with Gasteiger partial charge in [-0.15, -0.1) is 5.10 Å². The number of morpholine rings is 1. The fourth-order valence-electron chi connectivity index (χ4n) is 5.56. The van der Waals surface area contributed by atoms with Crippen molar-refractivity contribution in [3.05, 3.63) is 35.8 Å². The highest BCUT2D eigenvalue weighted by Gasteiger charge is 2.63. The summed E-state index contributed by atoms with van der Waals surface area (Å²) in [4.78, 5) is 40.0. The second-order valence-corrected chi connectivity index (χ2v) is 8.85. The van der Waals surface area contributed by atoms with Crippen molar-refractivity contribution in [1.29, 1.82) is 0 Å². The quantitative estimate of drug-likeness (QED) is 0.508. The molecule has 6 rings (SSSR count). The summed E-state index contributed by atoms with van der Waals surface area (Å²) in [5.74, 6) is -2.14. The lowest BCUT2D eigenvalue weighted by Crippen LogP contribution is -2.75. The Labute approximate surface area is 191 Å². The normalized spacial score (nSPS) is 25.7. The van der Waals surface area contributed by atoms with Crippen LogP contribution in [0.1, 0.15) is 19.4 Å². The third-order valence-corrected chi connectivity index (χ3v) is 6.78. The van der Waals surface area contributed by atoms with E-state index >= 15 is 4.39 Å². The molecular weight excluding hydrogens is 447 g/mol. The molecule has 0 aliphatic carbocycles. The lowest BCUT2D eigenvalue weighted by atomic mass is 9.66. The van der Waals surface area contributed by atoms with Crippen molar-refractivity contribution in [2.45, 2.75) is 38.5 Å². The van der Waals surface area contributed by atoms with Gasteiger partial charge in [0.1, 0.15) is 11.4 Å². The van der Waals surface area contributed by atoms with E-state index in [4.69, 9.17) is 9.26 Å². The van der Waals surface area contributed by atoms with E-state index in [0.29, 0.717) is 16.6 Å². The van der Waals surface area contributed by atoms with Crippen LogP contribution in [-0.4, -0.2) is 58.0 Å². The van der Waals surface area contributed by atoms with Gasteiger partial charge in [0.25, 0.3) is 0 Å². The van der Waals surface area contributed by atoms with Gasteiger partial charge in [-0.2, -0.15) is 5.10 Å². The molecule has 1 aromatic carbocycles. The average molecular weight is 466 g/mol. The van der Waals surface area contributed by atoms with Gasteiger partial charge in [0.15, 0.2) is 11.2 Å². The zero-order valence-corrected chi connectivity index (χ0v) is 18.2.